The second kappa shape index (κ2) is 8.00. The van der Waals surface area contributed by atoms with Crippen LogP contribution in [0.15, 0.2) is 21.0 Å². The molecule has 3 fully saturated rings. The number of carbonyl (C=O) groups excluding carboxylic acids is 1. The van der Waals surface area contributed by atoms with Crippen molar-refractivity contribution in [1.82, 2.24) is 15.5 Å². The number of hydrogen-bond acceptors (Lipinski definition) is 5. The minimum Gasteiger partial charge on any atom is -0.449 e. The molecule has 6 nitrogen and oxygen atoms in total. The number of carbonyl (C=O) groups is 1. The number of amides is 1. The summed E-state index contributed by atoms with van der Waals surface area (Å²) < 4.78 is 52.4. The van der Waals surface area contributed by atoms with E-state index in [4.69, 9.17) is 20.4 Å². The zero-order valence-corrected chi connectivity index (χ0v) is 19.7. The lowest BCUT2D eigenvalue weighted by atomic mass is 9.57. The molecule has 3 saturated carbocycles. The van der Waals surface area contributed by atoms with Gasteiger partial charge in [-0.3, -0.25) is 4.79 Å². The first kappa shape index (κ1) is 23.2. The molecule has 2 heterocycles. The number of fused-ring (bicyclic) bond motifs is 4. The third kappa shape index (κ3) is 3.78. The third-order valence-electron chi connectivity index (χ3n) is 7.44. The van der Waals surface area contributed by atoms with Crippen molar-refractivity contribution in [2.45, 2.75) is 82.3 Å². The molecule has 3 aliphatic rings. The summed E-state index contributed by atoms with van der Waals surface area (Å²) in [5, 5.41) is 11.2. The largest absolute Gasteiger partial charge is 0.449 e. The molecule has 0 radical (unpaired) electrons. The van der Waals surface area contributed by atoms with Gasteiger partial charge in [0.25, 0.3) is 5.91 Å². The van der Waals surface area contributed by atoms with Crippen molar-refractivity contribution in [2.75, 3.05) is 0 Å². The van der Waals surface area contributed by atoms with Crippen LogP contribution < -0.4 is 5.32 Å². The van der Waals surface area contributed by atoms with Crippen LogP contribution in [-0.2, 0) is 18.0 Å². The number of halogens is 4. The van der Waals surface area contributed by atoms with Gasteiger partial charge in [0.15, 0.2) is 0 Å². The summed E-state index contributed by atoms with van der Waals surface area (Å²) in [6, 6.07) is 2.66. The van der Waals surface area contributed by atoms with E-state index >= 15 is 0 Å². The molecule has 0 spiro atoms. The van der Waals surface area contributed by atoms with Crippen molar-refractivity contribution >= 4 is 28.5 Å². The summed E-state index contributed by atoms with van der Waals surface area (Å²) in [4.78, 5) is 13.2. The molecule has 0 atom stereocenters. The zero-order chi connectivity index (χ0) is 24.3. The van der Waals surface area contributed by atoms with Gasteiger partial charge in [-0.05, 0) is 62.6 Å². The lowest BCUT2D eigenvalue weighted by molar-refractivity contribution is -0.136. The van der Waals surface area contributed by atoms with E-state index in [1.165, 1.54) is 0 Å². The Morgan fingerprint density at radius 3 is 2.35 bits per heavy atom. The minimum atomic E-state index is -4.63. The maximum atomic E-state index is 13.7. The fraction of sp³-hybridized carbons (Fsp3) is 0.542. The van der Waals surface area contributed by atoms with Gasteiger partial charge in [-0.2, -0.15) is 13.2 Å². The number of rotatable bonds is 5. The second-order valence-electron chi connectivity index (χ2n) is 9.65. The average molecular weight is 496 g/mol. The Balaban J connectivity index is 1.42. The second-order valence-corrected chi connectivity index (χ2v) is 10.0. The molecule has 182 valence electrons. The Kier molecular flexibility index (Phi) is 5.46. The first-order chi connectivity index (χ1) is 16.1. The van der Waals surface area contributed by atoms with Crippen molar-refractivity contribution in [2.24, 2.45) is 0 Å². The van der Waals surface area contributed by atoms with E-state index < -0.39 is 28.8 Å². The first-order valence-electron chi connectivity index (χ1n) is 11.5. The van der Waals surface area contributed by atoms with Crippen LogP contribution in [-0.4, -0.2) is 21.6 Å². The monoisotopic (exact) mass is 495 g/mol. The van der Waals surface area contributed by atoms with Gasteiger partial charge in [-0.15, -0.1) is 10.2 Å². The lowest BCUT2D eigenvalue weighted by Crippen LogP contribution is -2.57. The number of hydrogen-bond donors (Lipinski definition) is 1. The number of nitrogens with zero attached hydrogens (tertiary/aromatic N) is 2. The summed E-state index contributed by atoms with van der Waals surface area (Å²) in [6.45, 7) is 3.64. The van der Waals surface area contributed by atoms with Gasteiger partial charge < -0.3 is 14.2 Å². The van der Waals surface area contributed by atoms with E-state index in [1.54, 1.807) is 13.0 Å². The highest BCUT2D eigenvalue weighted by atomic mass is 35.5. The highest BCUT2D eigenvalue weighted by Crippen LogP contribution is 2.53. The van der Waals surface area contributed by atoms with Crippen molar-refractivity contribution in [1.29, 1.82) is 0 Å². The molecular weight excluding hydrogens is 471 g/mol. The van der Waals surface area contributed by atoms with Crippen molar-refractivity contribution < 1.29 is 26.8 Å². The Bertz CT molecular complexity index is 1240. The van der Waals surface area contributed by atoms with E-state index in [0.717, 1.165) is 25.3 Å². The predicted octanol–water partition coefficient (Wildman–Crippen LogP) is 6.52. The van der Waals surface area contributed by atoms with Crippen LogP contribution in [0.4, 0.5) is 13.2 Å². The number of benzene rings is 1. The average Bonchev–Trinajstić information content (AvgIpc) is 3.38. The highest BCUT2D eigenvalue weighted by molar-refractivity contribution is 6.38. The standard InChI is InChI=1S/C24H25ClF3N3O3/c1-3-4-14-11-15-17(25)19(34-18(15)16(12-14)24(26,27)28)20(32)29-23-8-5-22(6-9-23,7-10-23)21-31-30-13(2)33-21/h11-12H,3-10H2,1-2H3,(H,29,32). The summed E-state index contributed by atoms with van der Waals surface area (Å²) in [5.74, 6) is 0.307. The van der Waals surface area contributed by atoms with E-state index in [2.05, 4.69) is 15.5 Å². The van der Waals surface area contributed by atoms with Gasteiger partial charge in [0.05, 0.1) is 10.6 Å². The van der Waals surface area contributed by atoms with Crippen molar-refractivity contribution in [3.8, 4) is 0 Å². The van der Waals surface area contributed by atoms with Crippen LogP contribution in [0.5, 0.6) is 0 Å². The van der Waals surface area contributed by atoms with Crippen LogP contribution in [0, 0.1) is 6.92 Å². The molecule has 0 unspecified atom stereocenters. The van der Waals surface area contributed by atoms with Crippen LogP contribution in [0.25, 0.3) is 11.0 Å². The fourth-order valence-corrected chi connectivity index (χ4v) is 5.79. The lowest BCUT2D eigenvalue weighted by Gasteiger charge is -2.51. The highest BCUT2D eigenvalue weighted by Gasteiger charge is 2.53. The zero-order valence-electron chi connectivity index (χ0n) is 18.9. The summed E-state index contributed by atoms with van der Waals surface area (Å²) in [7, 11) is 0. The molecule has 34 heavy (non-hydrogen) atoms. The van der Waals surface area contributed by atoms with Crippen LogP contribution >= 0.6 is 11.6 Å². The van der Waals surface area contributed by atoms with Crippen LogP contribution in [0.2, 0.25) is 5.02 Å². The summed E-state index contributed by atoms with van der Waals surface area (Å²) >= 11 is 6.42. The normalized spacial score (nSPS) is 24.6. The third-order valence-corrected chi connectivity index (χ3v) is 7.82. The van der Waals surface area contributed by atoms with Crippen LogP contribution in [0.3, 0.4) is 0 Å². The Labute approximate surface area is 199 Å². The van der Waals surface area contributed by atoms with E-state index in [9.17, 15) is 18.0 Å². The van der Waals surface area contributed by atoms with Crippen LogP contribution in [0.1, 0.15) is 85.3 Å². The molecule has 3 aromatic rings. The molecule has 1 amide bonds. The van der Waals surface area contributed by atoms with E-state index in [0.29, 0.717) is 49.4 Å². The molecule has 0 saturated heterocycles. The van der Waals surface area contributed by atoms with Crippen molar-refractivity contribution in [3.05, 3.63) is 45.8 Å². The Morgan fingerprint density at radius 1 is 1.12 bits per heavy atom. The fourth-order valence-electron chi connectivity index (χ4n) is 5.52. The van der Waals surface area contributed by atoms with Gasteiger partial charge in [0, 0.05) is 23.3 Å². The number of alkyl halides is 3. The molecule has 3 aliphatic carbocycles. The van der Waals surface area contributed by atoms with Gasteiger partial charge in [0.2, 0.25) is 17.5 Å². The molecule has 2 bridgehead atoms. The van der Waals surface area contributed by atoms with Gasteiger partial charge in [-0.25, -0.2) is 0 Å². The van der Waals surface area contributed by atoms with Gasteiger partial charge in [-0.1, -0.05) is 24.9 Å². The molecule has 10 heteroatoms. The molecule has 2 aromatic heterocycles. The first-order valence-corrected chi connectivity index (χ1v) is 11.9. The summed E-state index contributed by atoms with van der Waals surface area (Å²) in [5.41, 5.74) is -1.46. The smallest absolute Gasteiger partial charge is 0.420 e. The molecule has 6 rings (SSSR count). The van der Waals surface area contributed by atoms with Gasteiger partial charge in [0.1, 0.15) is 5.58 Å². The number of aromatic nitrogens is 2. The maximum Gasteiger partial charge on any atom is 0.420 e. The van der Waals surface area contributed by atoms with Gasteiger partial charge >= 0.3 is 6.18 Å². The number of aryl methyl sites for hydroxylation is 2. The number of nitrogens with one attached hydrogen (secondary N) is 1. The number of furan rings is 1. The predicted molar refractivity (Wildman–Crippen MR) is 119 cm³/mol. The molecule has 0 aliphatic heterocycles. The van der Waals surface area contributed by atoms with E-state index in [1.807, 2.05) is 6.92 Å². The Hall–Kier alpha value is -2.55. The van der Waals surface area contributed by atoms with E-state index in [-0.39, 0.29) is 21.6 Å². The Morgan fingerprint density at radius 2 is 1.79 bits per heavy atom. The molecule has 1 aromatic carbocycles. The minimum absolute atomic E-state index is 0.0883. The maximum absolute atomic E-state index is 13.7. The topological polar surface area (TPSA) is 81.2 Å². The quantitative estimate of drug-likeness (QED) is 0.435. The van der Waals surface area contributed by atoms with Crippen molar-refractivity contribution in [3.63, 3.8) is 0 Å². The summed E-state index contributed by atoms with van der Waals surface area (Å²) in [6.07, 6.45) is 0.958. The molecule has 1 N–H and O–H groups in total. The molecular formula is C24H25ClF3N3O3. The SMILES string of the molecule is CCCc1cc(C(F)(F)F)c2oc(C(=O)NC34CCC(c5nnc(C)o5)(CC3)CC4)c(Cl)c2c1.